The predicted molar refractivity (Wildman–Crippen MR) is 135 cm³/mol. The van der Waals surface area contributed by atoms with Gasteiger partial charge in [0.1, 0.15) is 5.82 Å². The van der Waals surface area contributed by atoms with Crippen molar-refractivity contribution in [3.05, 3.63) is 89.0 Å². The summed E-state index contributed by atoms with van der Waals surface area (Å²) in [5.74, 6) is -0.453. The summed E-state index contributed by atoms with van der Waals surface area (Å²) in [5.41, 5.74) is 1.19. The third-order valence-electron chi connectivity index (χ3n) is 6.82. The summed E-state index contributed by atoms with van der Waals surface area (Å²) in [6.07, 6.45) is -4.70. The number of piperazine rings is 1. The maximum Gasteiger partial charge on any atom is 0.433 e. The number of nitrogens with zero attached hydrogens (tertiary/aromatic N) is 5. The smallest absolute Gasteiger partial charge is 0.335 e. The third kappa shape index (κ3) is 5.26. The highest BCUT2D eigenvalue weighted by Crippen LogP contribution is 2.33. The van der Waals surface area contributed by atoms with Gasteiger partial charge in [-0.2, -0.15) is 18.3 Å². The lowest BCUT2D eigenvalue weighted by molar-refractivity contribution is -0.142. The molecule has 1 fully saturated rings. The summed E-state index contributed by atoms with van der Waals surface area (Å²) in [6.45, 7) is 6.22. The molecule has 38 heavy (non-hydrogen) atoms. The number of hydrogen-bond donors (Lipinski definition) is 0. The summed E-state index contributed by atoms with van der Waals surface area (Å²) >= 11 is 0. The molecule has 0 bridgehead atoms. The molecule has 0 aliphatic carbocycles. The quantitative estimate of drug-likeness (QED) is 0.317. The summed E-state index contributed by atoms with van der Waals surface area (Å²) < 4.78 is 56.6. The van der Waals surface area contributed by atoms with Crippen LogP contribution >= 0.6 is 0 Å². The molecule has 1 aliphatic rings. The van der Waals surface area contributed by atoms with Crippen molar-refractivity contribution < 1.29 is 22.4 Å². The maximum atomic E-state index is 14.0. The van der Waals surface area contributed by atoms with Crippen LogP contribution in [0, 0.1) is 5.82 Å². The van der Waals surface area contributed by atoms with Crippen LogP contribution in [0.2, 0.25) is 0 Å². The number of rotatable bonds is 5. The van der Waals surface area contributed by atoms with Gasteiger partial charge in [0.05, 0.1) is 5.69 Å². The molecule has 198 valence electrons. The average Bonchev–Trinajstić information content (AvgIpc) is 3.33. The summed E-state index contributed by atoms with van der Waals surface area (Å²) in [7, 11) is 0. The predicted octanol–water partition coefficient (Wildman–Crippen LogP) is 5.64. The van der Waals surface area contributed by atoms with Crippen LogP contribution in [0.4, 0.5) is 17.6 Å². The van der Waals surface area contributed by atoms with Gasteiger partial charge < -0.3 is 4.90 Å². The normalized spacial score (nSPS) is 15.0. The minimum Gasteiger partial charge on any atom is -0.335 e. The van der Waals surface area contributed by atoms with Crippen LogP contribution in [0.25, 0.3) is 16.9 Å². The molecule has 0 N–H and O–H groups in total. The standard InChI is InChI=1S/C28H27F4N5O/c1-18(2)19-7-9-20(10-8-19)23-15-25(28(30,31)32)37-26(33-23)16-24(34-37)27(38)36-13-11-35(12-14-36)17-21-5-3-4-6-22(21)29/h3-10,15-16,18H,11-14,17H2,1-2H3. The fourth-order valence-corrected chi connectivity index (χ4v) is 4.61. The van der Waals surface area contributed by atoms with Crippen LogP contribution in [0.5, 0.6) is 0 Å². The minimum absolute atomic E-state index is 0.0516. The second kappa shape index (κ2) is 10.2. The number of benzene rings is 2. The molecule has 10 heteroatoms. The number of aromatic nitrogens is 3. The van der Waals surface area contributed by atoms with Gasteiger partial charge in [0.15, 0.2) is 17.0 Å². The number of amides is 1. The topological polar surface area (TPSA) is 53.7 Å². The zero-order chi connectivity index (χ0) is 27.0. The van der Waals surface area contributed by atoms with E-state index in [9.17, 15) is 22.4 Å². The van der Waals surface area contributed by atoms with E-state index in [1.807, 2.05) is 30.9 Å². The largest absolute Gasteiger partial charge is 0.433 e. The molecule has 3 heterocycles. The molecule has 2 aromatic heterocycles. The Kier molecular flexibility index (Phi) is 6.92. The number of alkyl halides is 3. The number of hydrogen-bond acceptors (Lipinski definition) is 4. The van der Waals surface area contributed by atoms with E-state index in [1.165, 1.54) is 12.1 Å². The molecule has 0 spiro atoms. The Morgan fingerprint density at radius 2 is 1.66 bits per heavy atom. The molecule has 2 aromatic carbocycles. The van der Waals surface area contributed by atoms with Gasteiger partial charge in [-0.1, -0.05) is 56.3 Å². The number of fused-ring (bicyclic) bond motifs is 1. The molecule has 0 unspecified atom stereocenters. The second-order valence-corrected chi connectivity index (χ2v) is 9.76. The molecule has 1 aliphatic heterocycles. The Morgan fingerprint density at radius 1 is 0.974 bits per heavy atom. The molecule has 0 radical (unpaired) electrons. The zero-order valence-corrected chi connectivity index (χ0v) is 21.0. The number of carbonyl (C=O) groups is 1. The van der Waals surface area contributed by atoms with Gasteiger partial charge in [-0.15, -0.1) is 0 Å². The van der Waals surface area contributed by atoms with Crippen LogP contribution < -0.4 is 0 Å². The highest BCUT2D eigenvalue weighted by molar-refractivity contribution is 5.93. The second-order valence-electron chi connectivity index (χ2n) is 9.76. The molecular formula is C28H27F4N5O. The van der Waals surface area contributed by atoms with E-state index >= 15 is 0 Å². The lowest BCUT2D eigenvalue weighted by atomic mass is 10.0. The van der Waals surface area contributed by atoms with Crippen molar-refractivity contribution in [2.75, 3.05) is 26.2 Å². The SMILES string of the molecule is CC(C)c1ccc(-c2cc(C(F)(F)F)n3nc(C(=O)N4CCN(Cc5ccccc5F)CC4)cc3n2)cc1. The van der Waals surface area contributed by atoms with Gasteiger partial charge in [-0.25, -0.2) is 13.9 Å². The van der Waals surface area contributed by atoms with Crippen LogP contribution in [0.3, 0.4) is 0 Å². The van der Waals surface area contributed by atoms with E-state index < -0.39 is 17.8 Å². The molecule has 0 atom stereocenters. The van der Waals surface area contributed by atoms with E-state index in [-0.39, 0.29) is 28.8 Å². The van der Waals surface area contributed by atoms with Crippen LogP contribution in [-0.4, -0.2) is 56.5 Å². The van der Waals surface area contributed by atoms with Gasteiger partial charge in [-0.3, -0.25) is 9.69 Å². The Hall–Kier alpha value is -3.79. The average molecular weight is 526 g/mol. The lowest BCUT2D eigenvalue weighted by Crippen LogP contribution is -2.48. The molecule has 1 saturated heterocycles. The van der Waals surface area contributed by atoms with Crippen molar-refractivity contribution in [1.29, 1.82) is 0 Å². The van der Waals surface area contributed by atoms with Crippen molar-refractivity contribution >= 4 is 11.6 Å². The molecule has 1 amide bonds. The Morgan fingerprint density at radius 3 is 2.29 bits per heavy atom. The van der Waals surface area contributed by atoms with Gasteiger partial charge in [0, 0.05) is 49.9 Å². The lowest BCUT2D eigenvalue weighted by Gasteiger charge is -2.34. The molecule has 6 nitrogen and oxygen atoms in total. The van der Waals surface area contributed by atoms with Crippen molar-refractivity contribution in [1.82, 2.24) is 24.4 Å². The van der Waals surface area contributed by atoms with E-state index in [0.29, 0.717) is 48.4 Å². The monoisotopic (exact) mass is 525 g/mol. The van der Waals surface area contributed by atoms with Crippen LogP contribution in [0.15, 0.2) is 60.7 Å². The first-order valence-corrected chi connectivity index (χ1v) is 12.4. The van der Waals surface area contributed by atoms with E-state index in [1.54, 1.807) is 35.2 Å². The third-order valence-corrected chi connectivity index (χ3v) is 6.82. The van der Waals surface area contributed by atoms with Crippen molar-refractivity contribution in [2.24, 2.45) is 0 Å². The minimum atomic E-state index is -4.70. The first-order valence-electron chi connectivity index (χ1n) is 12.4. The highest BCUT2D eigenvalue weighted by Gasteiger charge is 2.36. The number of halogens is 4. The van der Waals surface area contributed by atoms with Crippen LogP contribution in [0.1, 0.15) is 47.1 Å². The van der Waals surface area contributed by atoms with E-state index in [2.05, 4.69) is 10.1 Å². The maximum absolute atomic E-state index is 14.0. The van der Waals surface area contributed by atoms with Crippen LogP contribution in [-0.2, 0) is 12.7 Å². The Bertz CT molecular complexity index is 1450. The summed E-state index contributed by atoms with van der Waals surface area (Å²) in [6, 6.07) is 16.0. The van der Waals surface area contributed by atoms with E-state index in [0.717, 1.165) is 11.6 Å². The first-order chi connectivity index (χ1) is 18.1. The first kappa shape index (κ1) is 25.8. The summed E-state index contributed by atoms with van der Waals surface area (Å²) in [4.78, 5) is 21.2. The fraction of sp³-hybridized carbons (Fsp3) is 0.321. The Balaban J connectivity index is 1.38. The molecule has 0 saturated carbocycles. The molecule has 5 rings (SSSR count). The van der Waals surface area contributed by atoms with Crippen molar-refractivity contribution in [3.8, 4) is 11.3 Å². The van der Waals surface area contributed by atoms with Gasteiger partial charge in [0.2, 0.25) is 0 Å². The van der Waals surface area contributed by atoms with Crippen molar-refractivity contribution in [3.63, 3.8) is 0 Å². The number of carbonyl (C=O) groups excluding carboxylic acids is 1. The van der Waals surface area contributed by atoms with Crippen molar-refractivity contribution in [2.45, 2.75) is 32.5 Å². The van der Waals surface area contributed by atoms with Gasteiger partial charge >= 0.3 is 6.18 Å². The van der Waals surface area contributed by atoms with Gasteiger partial charge in [-0.05, 0) is 23.6 Å². The molecular weight excluding hydrogens is 498 g/mol. The van der Waals surface area contributed by atoms with Gasteiger partial charge in [0.25, 0.3) is 5.91 Å². The molecule has 4 aromatic rings. The fourth-order valence-electron chi connectivity index (χ4n) is 4.61. The summed E-state index contributed by atoms with van der Waals surface area (Å²) in [5, 5.41) is 4.00. The van der Waals surface area contributed by atoms with E-state index in [4.69, 9.17) is 0 Å². The Labute approximate surface area is 217 Å². The highest BCUT2D eigenvalue weighted by atomic mass is 19.4. The zero-order valence-electron chi connectivity index (χ0n) is 21.0.